The lowest BCUT2D eigenvalue weighted by atomic mass is 10.1. The number of para-hydroxylation sites is 1. The molecule has 1 fully saturated rings. The zero-order chi connectivity index (χ0) is 15.7. The highest BCUT2D eigenvalue weighted by molar-refractivity contribution is 5.92. The van der Waals surface area contributed by atoms with Gasteiger partial charge in [0.2, 0.25) is 0 Å². The van der Waals surface area contributed by atoms with E-state index in [1.54, 1.807) is 17.0 Å². The average molecular weight is 298 g/mol. The van der Waals surface area contributed by atoms with Crippen molar-refractivity contribution in [1.29, 1.82) is 0 Å². The monoisotopic (exact) mass is 298 g/mol. The minimum Gasteiger partial charge on any atom is -0.334 e. The first kappa shape index (κ1) is 14.5. The summed E-state index contributed by atoms with van der Waals surface area (Å²) >= 11 is 0. The van der Waals surface area contributed by atoms with Crippen molar-refractivity contribution in [2.45, 2.75) is 6.04 Å². The van der Waals surface area contributed by atoms with Gasteiger partial charge in [-0.05, 0) is 32.3 Å². The quantitative estimate of drug-likeness (QED) is 0.833. The van der Waals surface area contributed by atoms with Crippen LogP contribution < -0.4 is 5.56 Å². The van der Waals surface area contributed by atoms with Crippen LogP contribution in [0.5, 0.6) is 0 Å². The summed E-state index contributed by atoms with van der Waals surface area (Å²) in [4.78, 5) is 28.2. The van der Waals surface area contributed by atoms with E-state index in [1.165, 1.54) is 16.8 Å². The number of likely N-dealkylation sites (tertiary alicyclic amines) is 1. The molecule has 0 spiro atoms. The van der Waals surface area contributed by atoms with Gasteiger partial charge in [0.15, 0.2) is 0 Å². The third kappa shape index (κ3) is 2.65. The van der Waals surface area contributed by atoms with E-state index in [0.717, 1.165) is 0 Å². The number of hydrogen-bond acceptors (Lipinski definition) is 4. The second kappa shape index (κ2) is 5.73. The Kier molecular flexibility index (Phi) is 3.77. The Morgan fingerprint density at radius 2 is 1.82 bits per heavy atom. The van der Waals surface area contributed by atoms with Gasteiger partial charge < -0.3 is 9.80 Å². The van der Waals surface area contributed by atoms with Gasteiger partial charge in [-0.2, -0.15) is 9.78 Å². The molecule has 1 saturated heterocycles. The highest BCUT2D eigenvalue weighted by Crippen LogP contribution is 2.15. The van der Waals surface area contributed by atoms with Crippen LogP contribution in [0, 0.1) is 0 Å². The summed E-state index contributed by atoms with van der Waals surface area (Å²) in [5.74, 6) is -0.136. The molecule has 0 unspecified atom stereocenters. The van der Waals surface area contributed by atoms with E-state index >= 15 is 0 Å². The molecular weight excluding hydrogens is 280 g/mol. The van der Waals surface area contributed by atoms with Crippen molar-refractivity contribution < 1.29 is 4.79 Å². The lowest BCUT2D eigenvalue weighted by Gasteiger charge is -2.42. The molecule has 1 aromatic carbocycles. The summed E-state index contributed by atoms with van der Waals surface area (Å²) in [5.41, 5.74) is 0.690. The summed E-state index contributed by atoms with van der Waals surface area (Å²) in [6.45, 7) is 1.38. The van der Waals surface area contributed by atoms with E-state index < -0.39 is 0 Å². The van der Waals surface area contributed by atoms with Crippen molar-refractivity contribution in [3.63, 3.8) is 0 Å². The number of carbonyl (C=O) groups is 1. The molecule has 0 aliphatic carbocycles. The normalized spacial score (nSPS) is 15.0. The van der Waals surface area contributed by atoms with Crippen LogP contribution in [-0.4, -0.2) is 58.7 Å². The van der Waals surface area contributed by atoms with Gasteiger partial charge in [0.05, 0.1) is 5.69 Å². The second-order valence-electron chi connectivity index (χ2n) is 5.63. The molecule has 0 radical (unpaired) electrons. The largest absolute Gasteiger partial charge is 0.334 e. The minimum absolute atomic E-state index is 0.136. The molecule has 3 rings (SSSR count). The van der Waals surface area contributed by atoms with Crippen molar-refractivity contribution in [2.75, 3.05) is 27.2 Å². The molecule has 0 bridgehead atoms. The number of benzene rings is 1. The van der Waals surface area contributed by atoms with Gasteiger partial charge in [0, 0.05) is 25.2 Å². The molecule has 22 heavy (non-hydrogen) atoms. The van der Waals surface area contributed by atoms with Gasteiger partial charge in [0.25, 0.3) is 11.5 Å². The van der Waals surface area contributed by atoms with E-state index in [1.807, 2.05) is 32.3 Å². The summed E-state index contributed by atoms with van der Waals surface area (Å²) in [5, 5.41) is 4.21. The highest BCUT2D eigenvalue weighted by Gasteiger charge is 2.33. The SMILES string of the molecule is CN(C)C1CN(C(=O)c2ccc(=O)n(-c3ccccc3)n2)C1. The predicted molar refractivity (Wildman–Crippen MR) is 83.2 cm³/mol. The molecule has 1 aromatic heterocycles. The van der Waals surface area contributed by atoms with Gasteiger partial charge in [-0.1, -0.05) is 18.2 Å². The molecule has 6 nitrogen and oxygen atoms in total. The summed E-state index contributed by atoms with van der Waals surface area (Å²) in [6, 6.07) is 12.4. The number of carbonyl (C=O) groups excluding carboxylic acids is 1. The fourth-order valence-electron chi connectivity index (χ4n) is 2.39. The summed E-state index contributed by atoms with van der Waals surface area (Å²) < 4.78 is 1.26. The van der Waals surface area contributed by atoms with Crippen molar-refractivity contribution >= 4 is 5.91 Å². The van der Waals surface area contributed by atoms with Gasteiger partial charge in [-0.3, -0.25) is 9.59 Å². The molecule has 0 saturated carbocycles. The molecule has 114 valence electrons. The topological polar surface area (TPSA) is 58.4 Å². The van der Waals surface area contributed by atoms with Crippen LogP contribution in [0.3, 0.4) is 0 Å². The number of nitrogens with zero attached hydrogens (tertiary/aromatic N) is 4. The first-order valence-electron chi connectivity index (χ1n) is 7.18. The molecule has 6 heteroatoms. The zero-order valence-electron chi connectivity index (χ0n) is 12.6. The zero-order valence-corrected chi connectivity index (χ0v) is 12.6. The van der Waals surface area contributed by atoms with Gasteiger partial charge >= 0.3 is 0 Å². The molecule has 2 heterocycles. The van der Waals surface area contributed by atoms with Crippen molar-refractivity contribution in [2.24, 2.45) is 0 Å². The molecule has 1 aliphatic rings. The van der Waals surface area contributed by atoms with Crippen LogP contribution in [-0.2, 0) is 0 Å². The predicted octanol–water partition coefficient (Wildman–Crippen LogP) is 0.618. The van der Waals surface area contributed by atoms with Crippen molar-refractivity contribution in [3.05, 3.63) is 58.5 Å². The van der Waals surface area contributed by atoms with Crippen LogP contribution in [0.2, 0.25) is 0 Å². The molecule has 0 N–H and O–H groups in total. The highest BCUT2D eigenvalue weighted by atomic mass is 16.2. The third-order valence-electron chi connectivity index (χ3n) is 3.90. The van der Waals surface area contributed by atoms with Crippen LogP contribution in [0.25, 0.3) is 5.69 Å². The maximum atomic E-state index is 12.4. The number of likely N-dealkylation sites (N-methyl/N-ethyl adjacent to an activating group) is 1. The Bertz CT molecular complexity index is 733. The van der Waals surface area contributed by atoms with Crippen LogP contribution in [0.4, 0.5) is 0 Å². The van der Waals surface area contributed by atoms with E-state index in [0.29, 0.717) is 30.5 Å². The second-order valence-corrected chi connectivity index (χ2v) is 5.63. The first-order valence-corrected chi connectivity index (χ1v) is 7.18. The van der Waals surface area contributed by atoms with Crippen molar-refractivity contribution in [3.8, 4) is 5.69 Å². The fourth-order valence-corrected chi connectivity index (χ4v) is 2.39. The number of rotatable bonds is 3. The van der Waals surface area contributed by atoms with E-state index in [-0.39, 0.29) is 11.5 Å². The summed E-state index contributed by atoms with van der Waals surface area (Å²) in [7, 11) is 4.00. The molecule has 1 aliphatic heterocycles. The first-order chi connectivity index (χ1) is 10.6. The van der Waals surface area contributed by atoms with Crippen LogP contribution in [0.15, 0.2) is 47.3 Å². The molecule has 1 amide bonds. The molecular formula is C16H18N4O2. The third-order valence-corrected chi connectivity index (χ3v) is 3.90. The minimum atomic E-state index is -0.252. The lowest BCUT2D eigenvalue weighted by molar-refractivity contribution is 0.0392. The Hall–Kier alpha value is -2.47. The Morgan fingerprint density at radius 3 is 2.45 bits per heavy atom. The Labute approximate surface area is 128 Å². The van der Waals surface area contributed by atoms with Gasteiger partial charge in [0.1, 0.15) is 5.69 Å². The van der Waals surface area contributed by atoms with Gasteiger partial charge in [-0.25, -0.2) is 0 Å². The maximum absolute atomic E-state index is 12.4. The lowest BCUT2D eigenvalue weighted by Crippen LogP contribution is -2.59. The average Bonchev–Trinajstić information content (AvgIpc) is 2.46. The Morgan fingerprint density at radius 1 is 1.14 bits per heavy atom. The van der Waals surface area contributed by atoms with Crippen molar-refractivity contribution in [1.82, 2.24) is 19.6 Å². The molecule has 0 atom stereocenters. The van der Waals surface area contributed by atoms with E-state index in [9.17, 15) is 9.59 Å². The summed E-state index contributed by atoms with van der Waals surface area (Å²) in [6.07, 6.45) is 0. The standard InChI is InChI=1S/C16H18N4O2/c1-18(2)13-10-19(11-13)16(22)14-8-9-15(21)20(17-14)12-6-4-3-5-7-12/h3-9,13H,10-11H2,1-2H3. The number of aromatic nitrogens is 2. The van der Waals surface area contributed by atoms with E-state index in [2.05, 4.69) is 10.00 Å². The van der Waals surface area contributed by atoms with E-state index in [4.69, 9.17) is 0 Å². The fraction of sp³-hybridized carbons (Fsp3) is 0.312. The van der Waals surface area contributed by atoms with Gasteiger partial charge in [-0.15, -0.1) is 0 Å². The molecule has 2 aromatic rings. The van der Waals surface area contributed by atoms with Crippen LogP contribution >= 0.6 is 0 Å². The van der Waals surface area contributed by atoms with Crippen LogP contribution in [0.1, 0.15) is 10.5 Å². The smallest absolute Gasteiger partial charge is 0.274 e. The number of hydrogen-bond donors (Lipinski definition) is 0. The maximum Gasteiger partial charge on any atom is 0.274 e. The Balaban J connectivity index is 1.84. The number of amides is 1.